The molecule has 0 bridgehead atoms. The number of likely N-dealkylation sites (N-methyl/N-ethyl adjacent to an activating group) is 1. The van der Waals surface area contributed by atoms with Gasteiger partial charge >= 0.3 is 32.4 Å². The maximum Gasteiger partial charge on any atom is 1.00 e. The van der Waals surface area contributed by atoms with Gasteiger partial charge < -0.3 is 29.3 Å². The first-order valence-corrected chi connectivity index (χ1v) is 11.7. The Labute approximate surface area is 186 Å². The summed E-state index contributed by atoms with van der Waals surface area (Å²) >= 11 is 0. The van der Waals surface area contributed by atoms with Crippen molar-refractivity contribution >= 4 is 21.5 Å². The van der Waals surface area contributed by atoms with Gasteiger partial charge in [0.1, 0.15) is 25.2 Å². The number of rotatable bonds is 10. The van der Waals surface area contributed by atoms with Crippen LogP contribution in [0.15, 0.2) is 17.1 Å². The Balaban J connectivity index is 0.00000450. The molecule has 3 N–H and O–H groups in total. The van der Waals surface area contributed by atoms with Crippen LogP contribution < -0.4 is 35.2 Å². The third-order valence-electron chi connectivity index (χ3n) is 3.89. The number of aromatic nitrogens is 2. The summed E-state index contributed by atoms with van der Waals surface area (Å²) in [6.45, 7) is -0.281. The second-order valence-corrected chi connectivity index (χ2v) is 10.5. The van der Waals surface area contributed by atoms with Crippen LogP contribution in [0.2, 0.25) is 0 Å². The maximum atomic E-state index is 11.8. The molecule has 30 heavy (non-hydrogen) atoms. The summed E-state index contributed by atoms with van der Waals surface area (Å²) in [5.41, 5.74) is 4.84. The van der Waals surface area contributed by atoms with Crippen LogP contribution in [0.5, 0.6) is 0 Å². The number of anilines is 1. The molecule has 1 aromatic rings. The van der Waals surface area contributed by atoms with Crippen molar-refractivity contribution in [3.63, 3.8) is 0 Å². The van der Waals surface area contributed by atoms with Gasteiger partial charge in [0.25, 0.3) is 7.82 Å². The van der Waals surface area contributed by atoms with Crippen LogP contribution in [0.25, 0.3) is 0 Å². The average Bonchev–Trinajstić information content (AvgIpc) is 2.99. The average molecular weight is 463 g/mol. The van der Waals surface area contributed by atoms with Gasteiger partial charge in [-0.15, -0.1) is 0 Å². The van der Waals surface area contributed by atoms with Crippen LogP contribution in [0.1, 0.15) is 19.1 Å². The number of nitrogens with two attached hydrogens (primary N) is 1. The van der Waals surface area contributed by atoms with E-state index in [1.807, 2.05) is 21.1 Å². The van der Waals surface area contributed by atoms with E-state index in [2.05, 4.69) is 18.3 Å². The number of nitrogen functional groups attached to an aromatic ring is 1. The molecule has 0 amide bonds. The van der Waals surface area contributed by atoms with Gasteiger partial charge in [0.2, 0.25) is 0 Å². The normalized spacial score (nSPS) is 23.4. The van der Waals surface area contributed by atoms with Gasteiger partial charge in [0.05, 0.1) is 33.9 Å². The van der Waals surface area contributed by atoms with Crippen molar-refractivity contribution < 1.29 is 60.4 Å². The van der Waals surface area contributed by atoms with Crippen LogP contribution in [-0.4, -0.2) is 65.9 Å². The van der Waals surface area contributed by atoms with Gasteiger partial charge in [0, 0.05) is 6.20 Å². The first-order chi connectivity index (χ1) is 13.3. The molecule has 13 nitrogen and oxygen atoms in total. The summed E-state index contributed by atoms with van der Waals surface area (Å²) in [6.07, 6.45) is 0.899. The Bertz CT molecular complexity index is 863. The van der Waals surface area contributed by atoms with Gasteiger partial charge in [-0.2, -0.15) is 4.98 Å². The van der Waals surface area contributed by atoms with Gasteiger partial charge in [-0.05, 0) is 18.9 Å². The van der Waals surface area contributed by atoms with E-state index in [0.717, 1.165) is 0 Å². The SMILES string of the molecule is C[N+](C)(C)CCOP(=O)(O)OP(=O)([O-])OCC1CCC(n2ccc(N)nc2=O)O1.[Li+]. The Morgan fingerprint density at radius 1 is 1.37 bits per heavy atom. The minimum absolute atomic E-state index is 0. The number of hydrogen-bond donors (Lipinski definition) is 2. The van der Waals surface area contributed by atoms with Gasteiger partial charge in [-0.1, -0.05) is 0 Å². The second-order valence-electron chi connectivity index (χ2n) is 7.47. The van der Waals surface area contributed by atoms with E-state index in [9.17, 15) is 23.7 Å². The molecule has 16 heteroatoms. The van der Waals surface area contributed by atoms with Crippen molar-refractivity contribution in [2.45, 2.75) is 25.2 Å². The fourth-order valence-corrected chi connectivity index (χ4v) is 4.49. The standard InChI is InChI=1S/C14H26N4O9P2.Li/c1-18(2,3)8-9-24-28(20,21)27-29(22,23)25-10-11-4-5-13(26-11)17-7-6-12(15)16-14(17)19;/h6-7,11,13H,4-5,8-10H2,1-3H3,(H3-,15,16,19,20,21,22,23);/q;+1. The van der Waals surface area contributed by atoms with Crippen LogP contribution in [-0.2, 0) is 27.2 Å². The smallest absolute Gasteiger partial charge is 0.756 e. The maximum absolute atomic E-state index is 11.8. The fraction of sp³-hybridized carbons (Fsp3) is 0.714. The van der Waals surface area contributed by atoms with E-state index in [0.29, 0.717) is 23.9 Å². The summed E-state index contributed by atoms with van der Waals surface area (Å²) in [4.78, 5) is 36.8. The molecule has 4 atom stereocenters. The summed E-state index contributed by atoms with van der Waals surface area (Å²) in [6, 6.07) is 1.44. The zero-order chi connectivity index (χ0) is 21.9. The predicted molar refractivity (Wildman–Crippen MR) is 99.4 cm³/mol. The number of ether oxygens (including phenoxy) is 1. The monoisotopic (exact) mass is 463 g/mol. The Morgan fingerprint density at radius 2 is 2.03 bits per heavy atom. The third kappa shape index (κ3) is 9.30. The third-order valence-corrected chi connectivity index (χ3v) is 6.48. The summed E-state index contributed by atoms with van der Waals surface area (Å²) in [5.74, 6) is 0.0747. The molecule has 2 rings (SSSR count). The fourth-order valence-electron chi connectivity index (χ4n) is 2.44. The molecule has 0 radical (unpaired) electrons. The topological polar surface area (TPSA) is 175 Å². The molecule has 0 saturated carbocycles. The number of phosphoric acid groups is 2. The molecule has 0 aliphatic carbocycles. The van der Waals surface area contributed by atoms with Gasteiger partial charge in [-0.3, -0.25) is 13.7 Å². The van der Waals surface area contributed by atoms with Crippen LogP contribution >= 0.6 is 15.6 Å². The number of phosphoric ester groups is 2. The molecule has 0 spiro atoms. The minimum Gasteiger partial charge on any atom is -0.756 e. The Hall–Kier alpha value is -0.543. The number of nitrogens with zero attached hydrogens (tertiary/aromatic N) is 3. The van der Waals surface area contributed by atoms with Crippen LogP contribution in [0, 0.1) is 0 Å². The first-order valence-electron chi connectivity index (χ1n) is 8.71. The molecule has 1 saturated heterocycles. The van der Waals surface area contributed by atoms with Crippen LogP contribution in [0.3, 0.4) is 0 Å². The molecule has 1 fully saturated rings. The van der Waals surface area contributed by atoms with E-state index in [-0.39, 0.29) is 31.3 Å². The van der Waals surface area contributed by atoms with Crippen molar-refractivity contribution in [2.24, 2.45) is 0 Å². The Kier molecular flexibility index (Phi) is 9.95. The quantitative estimate of drug-likeness (QED) is 0.203. The Morgan fingerprint density at radius 3 is 2.63 bits per heavy atom. The van der Waals surface area contributed by atoms with E-state index in [4.69, 9.17) is 10.5 Å². The zero-order valence-corrected chi connectivity index (χ0v) is 19.2. The van der Waals surface area contributed by atoms with E-state index >= 15 is 0 Å². The van der Waals surface area contributed by atoms with Gasteiger partial charge in [-0.25, -0.2) is 13.7 Å². The molecule has 1 aromatic heterocycles. The van der Waals surface area contributed by atoms with Gasteiger partial charge in [0.15, 0.2) is 0 Å². The molecular weight excluding hydrogens is 437 g/mol. The zero-order valence-electron chi connectivity index (χ0n) is 17.4. The predicted octanol–water partition coefficient (Wildman–Crippen LogP) is -3.17. The van der Waals surface area contributed by atoms with E-state index < -0.39 is 40.3 Å². The molecule has 1 aliphatic rings. The van der Waals surface area contributed by atoms with Crippen molar-refractivity contribution in [1.29, 1.82) is 0 Å². The second kappa shape index (κ2) is 10.9. The number of hydrogen-bond acceptors (Lipinski definition) is 10. The minimum atomic E-state index is -5.13. The van der Waals surface area contributed by atoms with Crippen molar-refractivity contribution in [1.82, 2.24) is 9.55 Å². The van der Waals surface area contributed by atoms with Crippen molar-refractivity contribution in [3.05, 3.63) is 22.7 Å². The van der Waals surface area contributed by atoms with Crippen molar-refractivity contribution in [2.75, 3.05) is 46.6 Å². The molecule has 1 aliphatic heterocycles. The number of quaternary nitrogens is 1. The molecule has 4 unspecified atom stereocenters. The van der Waals surface area contributed by atoms with E-state index in [1.54, 1.807) is 0 Å². The molecule has 166 valence electrons. The molecular formula is C14H26LiN4O9P2+. The summed E-state index contributed by atoms with van der Waals surface area (Å²) < 4.78 is 44.3. The summed E-state index contributed by atoms with van der Waals surface area (Å²) in [5, 5.41) is 0. The first kappa shape index (κ1) is 27.5. The summed E-state index contributed by atoms with van der Waals surface area (Å²) in [7, 11) is -4.48. The molecule has 2 heterocycles. The largest absolute Gasteiger partial charge is 1.00 e. The van der Waals surface area contributed by atoms with Crippen molar-refractivity contribution in [3.8, 4) is 0 Å². The molecule has 0 aromatic carbocycles. The van der Waals surface area contributed by atoms with E-state index in [1.165, 1.54) is 16.8 Å². The van der Waals surface area contributed by atoms with Crippen LogP contribution in [0.4, 0.5) is 5.82 Å².